The fourth-order valence-electron chi connectivity index (χ4n) is 1.70. The molecule has 0 aliphatic rings. The van der Waals surface area contributed by atoms with Crippen molar-refractivity contribution >= 4 is 11.9 Å². The van der Waals surface area contributed by atoms with Gasteiger partial charge in [0.15, 0.2) is 0 Å². The lowest BCUT2D eigenvalue weighted by molar-refractivity contribution is -0.119. The predicted octanol–water partition coefficient (Wildman–Crippen LogP) is 1.07. The summed E-state index contributed by atoms with van der Waals surface area (Å²) in [6.07, 6.45) is 3.25. The molecule has 0 atom stereocenters. The molecule has 18 heavy (non-hydrogen) atoms. The highest BCUT2D eigenvalue weighted by atomic mass is 16.4. The van der Waals surface area contributed by atoms with Crippen molar-refractivity contribution in [2.45, 2.75) is 26.3 Å². The van der Waals surface area contributed by atoms with Crippen LogP contribution in [0, 0.1) is 0 Å². The van der Waals surface area contributed by atoms with Crippen molar-refractivity contribution in [2.75, 3.05) is 13.1 Å². The van der Waals surface area contributed by atoms with E-state index in [1.54, 1.807) is 6.07 Å². The number of rotatable bonds is 8. The van der Waals surface area contributed by atoms with Gasteiger partial charge < -0.3 is 15.3 Å². The Balaban J connectivity index is 2.71. The lowest BCUT2D eigenvalue weighted by Crippen LogP contribution is -2.34. The van der Waals surface area contributed by atoms with Gasteiger partial charge in [0.25, 0.3) is 0 Å². The maximum atomic E-state index is 11.0. The zero-order chi connectivity index (χ0) is 13.5. The molecule has 1 aromatic heterocycles. The van der Waals surface area contributed by atoms with Crippen molar-refractivity contribution in [1.82, 2.24) is 4.90 Å². The van der Waals surface area contributed by atoms with E-state index in [1.807, 2.05) is 11.8 Å². The summed E-state index contributed by atoms with van der Waals surface area (Å²) in [6, 6.07) is 1.60. The van der Waals surface area contributed by atoms with Gasteiger partial charge in [-0.3, -0.25) is 9.69 Å². The van der Waals surface area contributed by atoms with E-state index in [-0.39, 0.29) is 12.3 Å². The number of amides is 1. The molecule has 0 radical (unpaired) electrons. The number of furan rings is 1. The molecule has 1 rings (SSSR count). The Bertz CT molecular complexity index is 414. The summed E-state index contributed by atoms with van der Waals surface area (Å²) < 4.78 is 4.89. The highest BCUT2D eigenvalue weighted by Crippen LogP contribution is 2.13. The van der Waals surface area contributed by atoms with Gasteiger partial charge in [-0.25, -0.2) is 4.79 Å². The van der Waals surface area contributed by atoms with Crippen LogP contribution in [0.25, 0.3) is 0 Å². The summed E-state index contributed by atoms with van der Waals surface area (Å²) in [7, 11) is 0. The number of aromatic carboxylic acids is 1. The van der Waals surface area contributed by atoms with Crippen LogP contribution in [0.2, 0.25) is 0 Å². The quantitative estimate of drug-likeness (QED) is 0.723. The standard InChI is InChI=1S/C12H18N2O4/c1-2-3-5-14(8-10(13)15)7-9-4-6-18-11(9)12(16)17/h4,6H,2-3,5,7-8H2,1H3,(H2,13,15)(H,16,17). The topological polar surface area (TPSA) is 96.8 Å². The van der Waals surface area contributed by atoms with Gasteiger partial charge in [-0.2, -0.15) is 0 Å². The number of hydrogen-bond donors (Lipinski definition) is 2. The highest BCUT2D eigenvalue weighted by molar-refractivity contribution is 5.86. The van der Waals surface area contributed by atoms with Gasteiger partial charge in [-0.1, -0.05) is 13.3 Å². The monoisotopic (exact) mass is 254 g/mol. The molecule has 0 saturated carbocycles. The minimum absolute atomic E-state index is 0.0824. The molecular weight excluding hydrogens is 236 g/mol. The third kappa shape index (κ3) is 4.21. The second-order valence-corrected chi connectivity index (χ2v) is 4.11. The number of nitrogens with zero attached hydrogens (tertiary/aromatic N) is 1. The maximum Gasteiger partial charge on any atom is 0.372 e. The van der Waals surface area contributed by atoms with Crippen LogP contribution < -0.4 is 5.73 Å². The highest BCUT2D eigenvalue weighted by Gasteiger charge is 2.17. The Kier molecular flexibility index (Phi) is 5.38. The van der Waals surface area contributed by atoms with Crippen LogP contribution >= 0.6 is 0 Å². The van der Waals surface area contributed by atoms with E-state index in [2.05, 4.69) is 0 Å². The summed E-state index contributed by atoms with van der Waals surface area (Å²) in [4.78, 5) is 23.7. The van der Waals surface area contributed by atoms with Crippen molar-refractivity contribution in [3.05, 3.63) is 23.7 Å². The number of nitrogens with two attached hydrogens (primary N) is 1. The Hall–Kier alpha value is -1.82. The minimum atomic E-state index is -1.11. The summed E-state index contributed by atoms with van der Waals surface area (Å²) in [5, 5.41) is 8.92. The van der Waals surface area contributed by atoms with E-state index in [0.29, 0.717) is 18.7 Å². The fraction of sp³-hybridized carbons (Fsp3) is 0.500. The van der Waals surface area contributed by atoms with Crippen molar-refractivity contribution in [3.63, 3.8) is 0 Å². The number of carboxylic acid groups (broad SMARTS) is 1. The molecule has 3 N–H and O–H groups in total. The van der Waals surface area contributed by atoms with Crippen LogP contribution in [-0.2, 0) is 11.3 Å². The fourth-order valence-corrected chi connectivity index (χ4v) is 1.70. The van der Waals surface area contributed by atoms with Crippen LogP contribution in [0.1, 0.15) is 35.9 Å². The molecule has 0 aromatic carbocycles. The Morgan fingerprint density at radius 2 is 2.22 bits per heavy atom. The van der Waals surface area contributed by atoms with Crippen LogP contribution in [0.4, 0.5) is 0 Å². The van der Waals surface area contributed by atoms with Gasteiger partial charge in [0.05, 0.1) is 12.8 Å². The van der Waals surface area contributed by atoms with E-state index in [9.17, 15) is 9.59 Å². The molecule has 6 nitrogen and oxygen atoms in total. The first-order chi connectivity index (χ1) is 8.54. The SMILES string of the molecule is CCCCN(CC(N)=O)Cc1ccoc1C(=O)O. The van der Waals surface area contributed by atoms with E-state index in [1.165, 1.54) is 6.26 Å². The van der Waals surface area contributed by atoms with Crippen LogP contribution in [0.15, 0.2) is 16.7 Å². The van der Waals surface area contributed by atoms with Gasteiger partial charge in [0.1, 0.15) is 0 Å². The Morgan fingerprint density at radius 3 is 2.78 bits per heavy atom. The molecular formula is C12H18N2O4. The first-order valence-electron chi connectivity index (χ1n) is 5.85. The number of carboxylic acids is 1. The van der Waals surface area contributed by atoms with E-state index >= 15 is 0 Å². The molecule has 0 saturated heterocycles. The largest absolute Gasteiger partial charge is 0.475 e. The minimum Gasteiger partial charge on any atom is -0.475 e. The van der Waals surface area contributed by atoms with Gasteiger partial charge in [0.2, 0.25) is 11.7 Å². The second kappa shape index (κ2) is 6.80. The third-order valence-electron chi connectivity index (χ3n) is 2.54. The average molecular weight is 254 g/mol. The van der Waals surface area contributed by atoms with Crippen LogP contribution in [0.5, 0.6) is 0 Å². The van der Waals surface area contributed by atoms with Crippen molar-refractivity contribution in [2.24, 2.45) is 5.73 Å². The molecule has 100 valence electrons. The number of carbonyl (C=O) groups is 2. The third-order valence-corrected chi connectivity index (χ3v) is 2.54. The summed E-state index contributed by atoms with van der Waals surface area (Å²) >= 11 is 0. The molecule has 1 amide bonds. The normalized spacial score (nSPS) is 10.8. The molecule has 0 aliphatic carbocycles. The molecule has 0 spiro atoms. The van der Waals surface area contributed by atoms with Gasteiger partial charge in [-0.05, 0) is 19.0 Å². The van der Waals surface area contributed by atoms with Gasteiger partial charge >= 0.3 is 5.97 Å². The second-order valence-electron chi connectivity index (χ2n) is 4.11. The first kappa shape index (κ1) is 14.2. The summed E-state index contributed by atoms with van der Waals surface area (Å²) in [5.74, 6) is -1.61. The lowest BCUT2D eigenvalue weighted by atomic mass is 10.2. The van der Waals surface area contributed by atoms with Crippen molar-refractivity contribution in [1.29, 1.82) is 0 Å². The van der Waals surface area contributed by atoms with Gasteiger partial charge in [0, 0.05) is 12.1 Å². The number of unbranched alkanes of at least 4 members (excludes halogenated alkanes) is 1. The summed E-state index contributed by atoms with van der Waals surface area (Å²) in [5.41, 5.74) is 5.73. The predicted molar refractivity (Wildman–Crippen MR) is 65.0 cm³/mol. The van der Waals surface area contributed by atoms with Crippen LogP contribution in [-0.4, -0.2) is 35.0 Å². The van der Waals surface area contributed by atoms with E-state index in [0.717, 1.165) is 12.8 Å². The van der Waals surface area contributed by atoms with Crippen molar-refractivity contribution in [3.8, 4) is 0 Å². The number of carbonyl (C=O) groups excluding carboxylic acids is 1. The van der Waals surface area contributed by atoms with Crippen molar-refractivity contribution < 1.29 is 19.1 Å². The zero-order valence-corrected chi connectivity index (χ0v) is 10.4. The molecule has 0 bridgehead atoms. The lowest BCUT2D eigenvalue weighted by Gasteiger charge is -2.19. The Labute approximate surface area is 105 Å². The molecule has 6 heteroatoms. The average Bonchev–Trinajstić information content (AvgIpc) is 2.73. The summed E-state index contributed by atoms with van der Waals surface area (Å²) in [6.45, 7) is 3.21. The van der Waals surface area contributed by atoms with E-state index in [4.69, 9.17) is 15.3 Å². The van der Waals surface area contributed by atoms with Gasteiger partial charge in [-0.15, -0.1) is 0 Å². The van der Waals surface area contributed by atoms with E-state index < -0.39 is 11.9 Å². The molecule has 0 unspecified atom stereocenters. The number of primary amides is 1. The molecule has 1 aromatic rings. The zero-order valence-electron chi connectivity index (χ0n) is 10.4. The van der Waals surface area contributed by atoms with Crippen LogP contribution in [0.3, 0.4) is 0 Å². The first-order valence-corrected chi connectivity index (χ1v) is 5.85. The Morgan fingerprint density at radius 1 is 1.50 bits per heavy atom. The molecule has 1 heterocycles. The molecule has 0 aliphatic heterocycles. The number of hydrogen-bond acceptors (Lipinski definition) is 4. The maximum absolute atomic E-state index is 11.0. The smallest absolute Gasteiger partial charge is 0.372 e. The molecule has 0 fully saturated rings.